The number of phenolic OH excluding ortho intramolecular Hbond substituents is 1. The summed E-state index contributed by atoms with van der Waals surface area (Å²) in [5, 5.41) is 9.31. The fourth-order valence-corrected chi connectivity index (χ4v) is 1.99. The van der Waals surface area contributed by atoms with Gasteiger partial charge in [-0.2, -0.15) is 0 Å². The summed E-state index contributed by atoms with van der Waals surface area (Å²) in [6, 6.07) is 11.1. The number of halogens is 3. The molecule has 0 atom stereocenters. The molecule has 0 saturated heterocycles. The first-order valence-corrected chi connectivity index (χ1v) is 6.62. The number of ether oxygens (including phenoxy) is 1. The van der Waals surface area contributed by atoms with Crippen LogP contribution in [0.1, 0.15) is 0 Å². The quantitative estimate of drug-likeness (QED) is 0.763. The van der Waals surface area contributed by atoms with E-state index in [0.29, 0.717) is 0 Å². The molecule has 3 aromatic rings. The van der Waals surface area contributed by atoms with E-state index in [2.05, 4.69) is 4.98 Å². The molecule has 0 aliphatic carbocycles. The summed E-state index contributed by atoms with van der Waals surface area (Å²) in [6.07, 6.45) is 0. The maximum atomic E-state index is 13.8. The molecule has 0 amide bonds. The maximum Gasteiger partial charge on any atom is 0.219 e. The van der Waals surface area contributed by atoms with Crippen LogP contribution in [0.2, 0.25) is 0 Å². The van der Waals surface area contributed by atoms with Crippen molar-refractivity contribution in [3.63, 3.8) is 0 Å². The zero-order valence-corrected chi connectivity index (χ0v) is 11.6. The molecule has 0 fully saturated rings. The van der Waals surface area contributed by atoms with Crippen molar-refractivity contribution in [3.8, 4) is 28.6 Å². The van der Waals surface area contributed by atoms with Crippen molar-refractivity contribution in [2.75, 3.05) is 0 Å². The van der Waals surface area contributed by atoms with E-state index in [9.17, 15) is 18.3 Å². The van der Waals surface area contributed by atoms with Gasteiger partial charge in [-0.05, 0) is 36.4 Å². The highest BCUT2D eigenvalue weighted by molar-refractivity contribution is 5.60. The number of aromatic nitrogens is 1. The molecular formula is C17H10F3NO2. The Morgan fingerprint density at radius 2 is 1.65 bits per heavy atom. The molecule has 1 aromatic heterocycles. The first-order valence-electron chi connectivity index (χ1n) is 6.62. The van der Waals surface area contributed by atoms with Gasteiger partial charge in [-0.3, -0.25) is 0 Å². The Morgan fingerprint density at radius 3 is 2.43 bits per heavy atom. The summed E-state index contributed by atoms with van der Waals surface area (Å²) in [4.78, 5) is 4.09. The van der Waals surface area contributed by atoms with Gasteiger partial charge < -0.3 is 9.84 Å². The summed E-state index contributed by atoms with van der Waals surface area (Å²) in [5.74, 6) is -2.28. The Balaban J connectivity index is 1.93. The first kappa shape index (κ1) is 14.9. The van der Waals surface area contributed by atoms with Crippen molar-refractivity contribution in [2.45, 2.75) is 0 Å². The Bertz CT molecular complexity index is 868. The van der Waals surface area contributed by atoms with E-state index in [1.165, 1.54) is 18.2 Å². The molecule has 3 rings (SSSR count). The lowest BCUT2D eigenvalue weighted by Gasteiger charge is -2.08. The second-order valence-corrected chi connectivity index (χ2v) is 4.70. The number of rotatable bonds is 3. The van der Waals surface area contributed by atoms with Crippen LogP contribution in [0.25, 0.3) is 11.3 Å². The molecule has 6 heteroatoms. The van der Waals surface area contributed by atoms with Crippen molar-refractivity contribution >= 4 is 0 Å². The van der Waals surface area contributed by atoms with Gasteiger partial charge in [0.25, 0.3) is 0 Å². The van der Waals surface area contributed by atoms with Crippen LogP contribution in [-0.2, 0) is 0 Å². The van der Waals surface area contributed by atoms with Crippen molar-refractivity contribution < 1.29 is 23.0 Å². The summed E-state index contributed by atoms with van der Waals surface area (Å²) < 4.78 is 45.5. The van der Waals surface area contributed by atoms with E-state index in [4.69, 9.17) is 4.74 Å². The first-order chi connectivity index (χ1) is 11.0. The third kappa shape index (κ3) is 3.26. The molecule has 0 aliphatic heterocycles. The van der Waals surface area contributed by atoms with E-state index in [1.807, 2.05) is 0 Å². The number of nitrogens with zero attached hydrogens (tertiary/aromatic N) is 1. The second kappa shape index (κ2) is 6.00. The lowest BCUT2D eigenvalue weighted by atomic mass is 10.1. The molecule has 1 N–H and O–H groups in total. The molecule has 0 saturated carbocycles. The summed E-state index contributed by atoms with van der Waals surface area (Å²) in [6.45, 7) is 0. The lowest BCUT2D eigenvalue weighted by molar-refractivity contribution is 0.418. The average Bonchev–Trinajstić information content (AvgIpc) is 2.53. The largest absolute Gasteiger partial charge is 0.505 e. The van der Waals surface area contributed by atoms with Gasteiger partial charge >= 0.3 is 0 Å². The van der Waals surface area contributed by atoms with E-state index >= 15 is 0 Å². The number of aromatic hydroxyl groups is 1. The Morgan fingerprint density at radius 1 is 0.870 bits per heavy atom. The number of phenols is 1. The summed E-state index contributed by atoms with van der Waals surface area (Å²) >= 11 is 0. The van der Waals surface area contributed by atoms with E-state index in [0.717, 1.165) is 30.3 Å². The zero-order valence-electron chi connectivity index (χ0n) is 11.6. The molecule has 0 spiro atoms. The SMILES string of the molecule is Oc1cc(Oc2cccc(-c3cc(F)ccc3F)n2)ccc1F. The van der Waals surface area contributed by atoms with Crippen LogP contribution in [0.3, 0.4) is 0 Å². The van der Waals surface area contributed by atoms with E-state index < -0.39 is 23.2 Å². The fourth-order valence-electron chi connectivity index (χ4n) is 1.99. The second-order valence-electron chi connectivity index (χ2n) is 4.70. The van der Waals surface area contributed by atoms with Crippen LogP contribution in [0.4, 0.5) is 13.2 Å². The third-order valence-corrected chi connectivity index (χ3v) is 3.07. The maximum absolute atomic E-state index is 13.8. The van der Waals surface area contributed by atoms with Crippen LogP contribution >= 0.6 is 0 Å². The van der Waals surface area contributed by atoms with Gasteiger partial charge in [0, 0.05) is 17.7 Å². The topological polar surface area (TPSA) is 42.4 Å². The predicted octanol–water partition coefficient (Wildman–Crippen LogP) is 4.66. The monoisotopic (exact) mass is 317 g/mol. The number of hydrogen-bond acceptors (Lipinski definition) is 3. The Hall–Kier alpha value is -3.02. The lowest BCUT2D eigenvalue weighted by Crippen LogP contribution is -1.93. The molecule has 0 bridgehead atoms. The molecule has 23 heavy (non-hydrogen) atoms. The predicted molar refractivity (Wildman–Crippen MR) is 77.7 cm³/mol. The van der Waals surface area contributed by atoms with Gasteiger partial charge in [-0.15, -0.1) is 0 Å². The normalized spacial score (nSPS) is 10.6. The van der Waals surface area contributed by atoms with Crippen LogP contribution < -0.4 is 4.74 Å². The molecule has 116 valence electrons. The van der Waals surface area contributed by atoms with Gasteiger partial charge in [0.2, 0.25) is 5.88 Å². The van der Waals surface area contributed by atoms with E-state index in [-0.39, 0.29) is 22.9 Å². The molecule has 0 aliphatic rings. The van der Waals surface area contributed by atoms with Gasteiger partial charge in [0.15, 0.2) is 11.6 Å². The van der Waals surface area contributed by atoms with Gasteiger partial charge in [-0.1, -0.05) is 6.07 Å². The Kier molecular flexibility index (Phi) is 3.89. The molecular weight excluding hydrogens is 307 g/mol. The van der Waals surface area contributed by atoms with Crippen molar-refractivity contribution in [3.05, 3.63) is 72.0 Å². The summed E-state index contributed by atoms with van der Waals surface area (Å²) in [5.41, 5.74) is 0.184. The van der Waals surface area contributed by atoms with Gasteiger partial charge in [0.05, 0.1) is 5.69 Å². The molecule has 1 heterocycles. The molecule has 0 radical (unpaired) electrons. The van der Waals surface area contributed by atoms with Gasteiger partial charge in [0.1, 0.15) is 17.4 Å². The Labute approximate surface area is 129 Å². The van der Waals surface area contributed by atoms with E-state index in [1.54, 1.807) is 6.07 Å². The van der Waals surface area contributed by atoms with Crippen molar-refractivity contribution in [2.24, 2.45) is 0 Å². The van der Waals surface area contributed by atoms with Gasteiger partial charge in [-0.25, -0.2) is 18.2 Å². The fraction of sp³-hybridized carbons (Fsp3) is 0. The van der Waals surface area contributed by atoms with Crippen LogP contribution in [0, 0.1) is 17.5 Å². The van der Waals surface area contributed by atoms with Crippen molar-refractivity contribution in [1.82, 2.24) is 4.98 Å². The molecule has 0 unspecified atom stereocenters. The minimum atomic E-state index is -0.777. The minimum absolute atomic E-state index is 0.00240. The summed E-state index contributed by atoms with van der Waals surface area (Å²) in [7, 11) is 0. The standard InChI is InChI=1S/C17H10F3NO2/c18-10-4-6-13(19)12(8-10)15-2-1-3-17(21-15)23-11-5-7-14(20)16(22)9-11/h1-9,22H. The number of benzene rings is 2. The van der Waals surface area contributed by atoms with Crippen LogP contribution in [-0.4, -0.2) is 10.1 Å². The van der Waals surface area contributed by atoms with Crippen LogP contribution in [0.15, 0.2) is 54.6 Å². The third-order valence-electron chi connectivity index (χ3n) is 3.07. The minimum Gasteiger partial charge on any atom is -0.505 e. The number of pyridine rings is 1. The highest BCUT2D eigenvalue weighted by Crippen LogP contribution is 2.28. The number of hydrogen-bond donors (Lipinski definition) is 1. The smallest absolute Gasteiger partial charge is 0.219 e. The zero-order chi connectivity index (χ0) is 16.4. The van der Waals surface area contributed by atoms with Crippen molar-refractivity contribution in [1.29, 1.82) is 0 Å². The molecule has 3 nitrogen and oxygen atoms in total. The highest BCUT2D eigenvalue weighted by atomic mass is 19.1. The molecule has 2 aromatic carbocycles. The average molecular weight is 317 g/mol. The highest BCUT2D eigenvalue weighted by Gasteiger charge is 2.10. The van der Waals surface area contributed by atoms with Crippen LogP contribution in [0.5, 0.6) is 17.4 Å².